The molecule has 0 radical (unpaired) electrons. The van der Waals surface area contributed by atoms with E-state index in [1.54, 1.807) is 11.3 Å². The highest BCUT2D eigenvalue weighted by atomic mass is 32.1. The molecule has 0 aliphatic rings. The molecule has 1 rings (SSSR count). The molecule has 1 aromatic heterocycles. The van der Waals surface area contributed by atoms with Gasteiger partial charge in [0.05, 0.1) is 16.6 Å². The predicted octanol–water partition coefficient (Wildman–Crippen LogP) is 3.05. The Labute approximate surface area is 101 Å². The van der Waals surface area contributed by atoms with Crippen molar-refractivity contribution >= 4 is 17.3 Å². The maximum Gasteiger partial charge on any atom is 0.306 e. The molecule has 0 aliphatic heterocycles. The monoisotopic (exact) mass is 241 g/mol. The summed E-state index contributed by atoms with van der Waals surface area (Å²) in [5, 5.41) is 10.1. The molecule has 0 amide bonds. The number of nitrogens with zero attached hydrogens (tertiary/aromatic N) is 1. The summed E-state index contributed by atoms with van der Waals surface area (Å²) in [5.74, 6) is -0.604. The largest absolute Gasteiger partial charge is 0.481 e. The van der Waals surface area contributed by atoms with Crippen LogP contribution in [0.15, 0.2) is 0 Å². The molecule has 0 spiro atoms. The van der Waals surface area contributed by atoms with Crippen LogP contribution in [-0.4, -0.2) is 16.1 Å². The SMILES string of the molecule is Cc1nc(CC(CC(C)C)C(=O)O)sc1C. The van der Waals surface area contributed by atoms with Crippen molar-refractivity contribution in [2.45, 2.75) is 40.5 Å². The van der Waals surface area contributed by atoms with E-state index in [0.717, 1.165) is 10.7 Å². The van der Waals surface area contributed by atoms with Gasteiger partial charge in [-0.2, -0.15) is 0 Å². The number of thiazole rings is 1. The van der Waals surface area contributed by atoms with Crippen LogP contribution in [0.3, 0.4) is 0 Å². The zero-order chi connectivity index (χ0) is 12.3. The highest BCUT2D eigenvalue weighted by molar-refractivity contribution is 7.11. The lowest BCUT2D eigenvalue weighted by Crippen LogP contribution is -2.18. The van der Waals surface area contributed by atoms with Crippen LogP contribution in [0.1, 0.15) is 35.8 Å². The number of aromatic nitrogens is 1. The van der Waals surface area contributed by atoms with E-state index in [9.17, 15) is 4.79 Å². The van der Waals surface area contributed by atoms with Crippen LogP contribution in [0.4, 0.5) is 0 Å². The fourth-order valence-corrected chi connectivity index (χ4v) is 2.69. The Morgan fingerprint density at radius 2 is 2.06 bits per heavy atom. The zero-order valence-electron chi connectivity index (χ0n) is 10.3. The van der Waals surface area contributed by atoms with E-state index >= 15 is 0 Å². The van der Waals surface area contributed by atoms with Gasteiger partial charge >= 0.3 is 5.97 Å². The maximum atomic E-state index is 11.1. The van der Waals surface area contributed by atoms with Crippen LogP contribution in [0.25, 0.3) is 0 Å². The van der Waals surface area contributed by atoms with Gasteiger partial charge in [0.1, 0.15) is 0 Å². The van der Waals surface area contributed by atoms with Gasteiger partial charge in [0.15, 0.2) is 0 Å². The molecule has 0 fully saturated rings. The summed E-state index contributed by atoms with van der Waals surface area (Å²) >= 11 is 1.61. The summed E-state index contributed by atoms with van der Waals surface area (Å²) in [6.07, 6.45) is 1.28. The summed E-state index contributed by atoms with van der Waals surface area (Å²) in [5.41, 5.74) is 1.02. The number of rotatable bonds is 5. The minimum atomic E-state index is -0.709. The van der Waals surface area contributed by atoms with Gasteiger partial charge < -0.3 is 5.11 Å². The molecule has 1 heterocycles. The Bertz CT molecular complexity index is 352. The van der Waals surface area contributed by atoms with Crippen LogP contribution in [-0.2, 0) is 11.2 Å². The molecular formula is C12H19NO2S. The number of hydrogen-bond donors (Lipinski definition) is 1. The second-order valence-corrected chi connectivity index (χ2v) is 5.91. The van der Waals surface area contributed by atoms with Crippen molar-refractivity contribution in [2.24, 2.45) is 11.8 Å². The molecule has 0 saturated heterocycles. The van der Waals surface area contributed by atoms with E-state index in [1.165, 1.54) is 4.88 Å². The Morgan fingerprint density at radius 3 is 2.44 bits per heavy atom. The average Bonchev–Trinajstić information content (AvgIpc) is 2.44. The van der Waals surface area contributed by atoms with E-state index in [1.807, 2.05) is 27.7 Å². The Morgan fingerprint density at radius 1 is 1.44 bits per heavy atom. The average molecular weight is 241 g/mol. The molecule has 1 atom stereocenters. The topological polar surface area (TPSA) is 50.2 Å². The molecule has 4 heteroatoms. The molecular weight excluding hydrogens is 222 g/mol. The van der Waals surface area contributed by atoms with Crippen molar-refractivity contribution in [1.29, 1.82) is 0 Å². The molecule has 0 saturated carbocycles. The van der Waals surface area contributed by atoms with E-state index in [2.05, 4.69) is 4.98 Å². The Hall–Kier alpha value is -0.900. The summed E-state index contributed by atoms with van der Waals surface area (Å²) in [7, 11) is 0. The lowest BCUT2D eigenvalue weighted by Gasteiger charge is -2.12. The minimum absolute atomic E-state index is 0.301. The van der Waals surface area contributed by atoms with Gasteiger partial charge in [-0.1, -0.05) is 13.8 Å². The molecule has 1 N–H and O–H groups in total. The van der Waals surface area contributed by atoms with Gasteiger partial charge in [-0.25, -0.2) is 4.98 Å². The van der Waals surface area contributed by atoms with Crippen molar-refractivity contribution in [3.8, 4) is 0 Å². The van der Waals surface area contributed by atoms with Gasteiger partial charge in [-0.05, 0) is 26.2 Å². The van der Waals surface area contributed by atoms with Gasteiger partial charge in [0.2, 0.25) is 0 Å². The molecule has 16 heavy (non-hydrogen) atoms. The molecule has 0 bridgehead atoms. The van der Waals surface area contributed by atoms with E-state index in [0.29, 0.717) is 18.8 Å². The fourth-order valence-electron chi connectivity index (χ4n) is 1.68. The maximum absolute atomic E-state index is 11.1. The fraction of sp³-hybridized carbons (Fsp3) is 0.667. The second-order valence-electron chi connectivity index (χ2n) is 4.62. The number of carboxylic acid groups (broad SMARTS) is 1. The van der Waals surface area contributed by atoms with E-state index < -0.39 is 5.97 Å². The van der Waals surface area contributed by atoms with E-state index in [-0.39, 0.29) is 5.92 Å². The first-order chi connectivity index (χ1) is 7.40. The standard InChI is InChI=1S/C12H19NO2S/c1-7(2)5-10(12(14)15)6-11-13-8(3)9(4)16-11/h7,10H,5-6H2,1-4H3,(H,14,15). The first kappa shape index (κ1) is 13.2. The number of aliphatic carboxylic acids is 1. The van der Waals surface area contributed by atoms with Crippen LogP contribution >= 0.6 is 11.3 Å². The number of aryl methyl sites for hydroxylation is 2. The van der Waals surface area contributed by atoms with Gasteiger partial charge in [-0.3, -0.25) is 4.79 Å². The third-order valence-corrected chi connectivity index (χ3v) is 3.69. The normalized spacial score (nSPS) is 13.1. The molecule has 0 aromatic carbocycles. The summed E-state index contributed by atoms with van der Waals surface area (Å²) < 4.78 is 0. The van der Waals surface area contributed by atoms with Crippen LogP contribution in [0.5, 0.6) is 0 Å². The molecule has 0 aliphatic carbocycles. The second kappa shape index (κ2) is 5.43. The van der Waals surface area contributed by atoms with Crippen molar-refractivity contribution in [3.05, 3.63) is 15.6 Å². The highest BCUT2D eigenvalue weighted by Gasteiger charge is 2.21. The van der Waals surface area contributed by atoms with Crippen LogP contribution in [0.2, 0.25) is 0 Å². The van der Waals surface area contributed by atoms with Crippen molar-refractivity contribution in [2.75, 3.05) is 0 Å². The molecule has 1 unspecified atom stereocenters. The quantitative estimate of drug-likeness (QED) is 0.862. The minimum Gasteiger partial charge on any atom is -0.481 e. The number of carbonyl (C=O) groups is 1. The Balaban J connectivity index is 2.71. The Kier molecular flexibility index (Phi) is 4.47. The van der Waals surface area contributed by atoms with Crippen LogP contribution in [0, 0.1) is 25.7 Å². The molecule has 3 nitrogen and oxygen atoms in total. The third-order valence-electron chi connectivity index (χ3n) is 2.60. The summed E-state index contributed by atoms with van der Waals surface area (Å²) in [6.45, 7) is 8.09. The van der Waals surface area contributed by atoms with Crippen LogP contribution < -0.4 is 0 Å². The summed E-state index contributed by atoms with van der Waals surface area (Å²) in [4.78, 5) is 16.7. The van der Waals surface area contributed by atoms with Gasteiger partial charge in [0, 0.05) is 11.3 Å². The van der Waals surface area contributed by atoms with Gasteiger partial charge in [0.25, 0.3) is 0 Å². The molecule has 90 valence electrons. The lowest BCUT2D eigenvalue weighted by molar-refractivity contribution is -0.142. The zero-order valence-corrected chi connectivity index (χ0v) is 11.1. The summed E-state index contributed by atoms with van der Waals surface area (Å²) in [6, 6.07) is 0. The first-order valence-electron chi connectivity index (χ1n) is 5.55. The first-order valence-corrected chi connectivity index (χ1v) is 6.37. The number of carboxylic acids is 1. The molecule has 1 aromatic rings. The van der Waals surface area contributed by atoms with Gasteiger partial charge in [-0.15, -0.1) is 11.3 Å². The highest BCUT2D eigenvalue weighted by Crippen LogP contribution is 2.23. The van der Waals surface area contributed by atoms with Crippen molar-refractivity contribution < 1.29 is 9.90 Å². The van der Waals surface area contributed by atoms with Crippen molar-refractivity contribution in [3.63, 3.8) is 0 Å². The lowest BCUT2D eigenvalue weighted by atomic mass is 9.94. The predicted molar refractivity (Wildman–Crippen MR) is 65.9 cm³/mol. The third kappa shape index (κ3) is 3.59. The number of hydrogen-bond acceptors (Lipinski definition) is 3. The van der Waals surface area contributed by atoms with Crippen molar-refractivity contribution in [1.82, 2.24) is 4.98 Å². The smallest absolute Gasteiger partial charge is 0.306 e. The van der Waals surface area contributed by atoms with E-state index in [4.69, 9.17) is 5.11 Å².